The molecule has 0 N–H and O–H groups in total. The SMILES string of the molecule is CCCCOCCCC[C@@H](C)O[Si](C)(C)C(C)(C)C. The lowest BCUT2D eigenvalue weighted by atomic mass is 10.2. The number of hydrogen-bond acceptors (Lipinski definition) is 2. The second-order valence-corrected chi connectivity index (χ2v) is 11.9. The van der Waals surface area contributed by atoms with Crippen molar-refractivity contribution in [2.75, 3.05) is 13.2 Å². The minimum Gasteiger partial charge on any atom is -0.414 e. The number of rotatable bonds is 10. The highest BCUT2D eigenvalue weighted by atomic mass is 28.4. The predicted octanol–water partition coefficient (Wildman–Crippen LogP) is 5.38. The summed E-state index contributed by atoms with van der Waals surface area (Å²) in [4.78, 5) is 0. The van der Waals surface area contributed by atoms with Gasteiger partial charge >= 0.3 is 0 Å². The maximum absolute atomic E-state index is 6.35. The van der Waals surface area contributed by atoms with Crippen molar-refractivity contribution in [1.29, 1.82) is 0 Å². The molecule has 19 heavy (non-hydrogen) atoms. The molecule has 0 heterocycles. The topological polar surface area (TPSA) is 18.5 Å². The van der Waals surface area contributed by atoms with E-state index in [1.807, 2.05) is 0 Å². The van der Waals surface area contributed by atoms with Crippen LogP contribution in [0.5, 0.6) is 0 Å². The highest BCUT2D eigenvalue weighted by Crippen LogP contribution is 2.37. The molecule has 0 aromatic rings. The summed E-state index contributed by atoms with van der Waals surface area (Å²) < 4.78 is 11.9. The van der Waals surface area contributed by atoms with Crippen molar-refractivity contribution in [3.63, 3.8) is 0 Å². The summed E-state index contributed by atoms with van der Waals surface area (Å²) in [5.41, 5.74) is 0. The first-order chi connectivity index (χ1) is 8.70. The normalized spacial score (nSPS) is 14.7. The van der Waals surface area contributed by atoms with E-state index in [1.165, 1.54) is 19.3 Å². The van der Waals surface area contributed by atoms with Crippen molar-refractivity contribution < 1.29 is 9.16 Å². The monoisotopic (exact) mass is 288 g/mol. The fraction of sp³-hybridized carbons (Fsp3) is 1.00. The van der Waals surface area contributed by atoms with E-state index in [9.17, 15) is 0 Å². The maximum Gasteiger partial charge on any atom is 0.192 e. The van der Waals surface area contributed by atoms with E-state index >= 15 is 0 Å². The molecule has 0 bridgehead atoms. The third-order valence-corrected chi connectivity index (χ3v) is 8.70. The smallest absolute Gasteiger partial charge is 0.192 e. The van der Waals surface area contributed by atoms with Gasteiger partial charge in [0.15, 0.2) is 8.32 Å². The molecule has 0 saturated heterocycles. The van der Waals surface area contributed by atoms with Gasteiger partial charge in [-0.2, -0.15) is 0 Å². The fourth-order valence-electron chi connectivity index (χ4n) is 1.72. The Balaban J connectivity index is 3.68. The van der Waals surface area contributed by atoms with Gasteiger partial charge in [0.25, 0.3) is 0 Å². The van der Waals surface area contributed by atoms with Crippen LogP contribution >= 0.6 is 0 Å². The molecule has 0 radical (unpaired) electrons. The zero-order chi connectivity index (χ0) is 14.9. The molecule has 2 nitrogen and oxygen atoms in total. The van der Waals surface area contributed by atoms with Crippen LogP contribution in [0.3, 0.4) is 0 Å². The first-order valence-corrected chi connectivity index (χ1v) is 10.9. The molecule has 0 aromatic heterocycles. The summed E-state index contributed by atoms with van der Waals surface area (Å²) >= 11 is 0. The molecular weight excluding hydrogens is 252 g/mol. The van der Waals surface area contributed by atoms with Gasteiger partial charge in [-0.05, 0) is 50.7 Å². The van der Waals surface area contributed by atoms with Crippen LogP contribution in [0.1, 0.15) is 66.7 Å². The highest BCUT2D eigenvalue weighted by molar-refractivity contribution is 6.74. The first kappa shape index (κ1) is 19.1. The van der Waals surface area contributed by atoms with Crippen LogP contribution in [-0.2, 0) is 9.16 Å². The van der Waals surface area contributed by atoms with E-state index in [-0.39, 0.29) is 0 Å². The molecule has 0 aliphatic carbocycles. The van der Waals surface area contributed by atoms with E-state index in [2.05, 4.69) is 47.7 Å². The lowest BCUT2D eigenvalue weighted by molar-refractivity contribution is 0.121. The predicted molar refractivity (Wildman–Crippen MR) is 87.3 cm³/mol. The van der Waals surface area contributed by atoms with Gasteiger partial charge in [0.2, 0.25) is 0 Å². The summed E-state index contributed by atoms with van der Waals surface area (Å²) in [5.74, 6) is 0. The van der Waals surface area contributed by atoms with Crippen LogP contribution in [0.2, 0.25) is 18.1 Å². The summed E-state index contributed by atoms with van der Waals surface area (Å²) in [7, 11) is -1.59. The molecule has 0 saturated carbocycles. The molecule has 116 valence electrons. The number of unbranched alkanes of at least 4 members (excludes halogenated alkanes) is 2. The van der Waals surface area contributed by atoms with Crippen molar-refractivity contribution in [2.24, 2.45) is 0 Å². The molecule has 0 amide bonds. The van der Waals surface area contributed by atoms with Gasteiger partial charge in [-0.3, -0.25) is 0 Å². The van der Waals surface area contributed by atoms with Gasteiger partial charge in [0, 0.05) is 19.3 Å². The van der Waals surface area contributed by atoms with E-state index in [0.29, 0.717) is 11.1 Å². The molecule has 3 heteroatoms. The van der Waals surface area contributed by atoms with Gasteiger partial charge in [0.05, 0.1) is 0 Å². The van der Waals surface area contributed by atoms with E-state index in [4.69, 9.17) is 9.16 Å². The van der Waals surface area contributed by atoms with Gasteiger partial charge in [-0.25, -0.2) is 0 Å². The summed E-state index contributed by atoms with van der Waals surface area (Å²) in [6.07, 6.45) is 6.32. The van der Waals surface area contributed by atoms with Crippen LogP contribution in [-0.4, -0.2) is 27.6 Å². The highest BCUT2D eigenvalue weighted by Gasteiger charge is 2.38. The average molecular weight is 289 g/mol. The molecule has 0 fully saturated rings. The fourth-order valence-corrected chi connectivity index (χ4v) is 3.20. The Hall–Kier alpha value is 0.137. The van der Waals surface area contributed by atoms with Gasteiger partial charge < -0.3 is 9.16 Å². The van der Waals surface area contributed by atoms with Crippen LogP contribution in [0, 0.1) is 0 Å². The summed E-state index contributed by atoms with van der Waals surface area (Å²) in [5, 5.41) is 0.310. The van der Waals surface area contributed by atoms with Crippen molar-refractivity contribution in [1.82, 2.24) is 0 Å². The van der Waals surface area contributed by atoms with Crippen LogP contribution in [0.4, 0.5) is 0 Å². The zero-order valence-corrected chi connectivity index (χ0v) is 15.3. The Bertz CT molecular complexity index is 221. The van der Waals surface area contributed by atoms with Gasteiger partial charge in [-0.15, -0.1) is 0 Å². The third kappa shape index (κ3) is 8.82. The Labute approximate surface area is 122 Å². The second-order valence-electron chi connectivity index (χ2n) is 7.15. The molecule has 0 aliphatic rings. The molecule has 0 rings (SSSR count). The number of hydrogen-bond donors (Lipinski definition) is 0. The zero-order valence-electron chi connectivity index (χ0n) is 14.3. The van der Waals surface area contributed by atoms with Crippen molar-refractivity contribution in [3.05, 3.63) is 0 Å². The van der Waals surface area contributed by atoms with Gasteiger partial charge in [-0.1, -0.05) is 34.1 Å². The molecule has 0 aliphatic heterocycles. The molecule has 0 unspecified atom stereocenters. The Morgan fingerprint density at radius 2 is 1.58 bits per heavy atom. The number of ether oxygens (including phenoxy) is 1. The van der Waals surface area contributed by atoms with Crippen molar-refractivity contribution in [3.8, 4) is 0 Å². The molecule has 0 spiro atoms. The maximum atomic E-state index is 6.35. The quantitative estimate of drug-likeness (QED) is 0.397. The summed E-state index contributed by atoms with van der Waals surface area (Å²) in [6, 6.07) is 0. The largest absolute Gasteiger partial charge is 0.414 e. The Kier molecular flexibility index (Phi) is 9.21. The van der Waals surface area contributed by atoms with Crippen LogP contribution in [0.15, 0.2) is 0 Å². The molecule has 1 atom stereocenters. The van der Waals surface area contributed by atoms with E-state index < -0.39 is 8.32 Å². The van der Waals surface area contributed by atoms with Crippen LogP contribution < -0.4 is 0 Å². The molecule has 0 aromatic carbocycles. The van der Waals surface area contributed by atoms with E-state index in [1.54, 1.807) is 0 Å². The Morgan fingerprint density at radius 3 is 2.11 bits per heavy atom. The van der Waals surface area contributed by atoms with Crippen molar-refractivity contribution in [2.45, 2.75) is 91.0 Å². The van der Waals surface area contributed by atoms with Crippen LogP contribution in [0.25, 0.3) is 0 Å². The third-order valence-electron chi connectivity index (χ3n) is 4.09. The molecular formula is C16H36O2Si. The lowest BCUT2D eigenvalue weighted by Gasteiger charge is -2.38. The summed E-state index contributed by atoms with van der Waals surface area (Å²) in [6.45, 7) is 17.8. The second kappa shape index (κ2) is 9.14. The Morgan fingerprint density at radius 1 is 1.00 bits per heavy atom. The van der Waals surface area contributed by atoms with E-state index in [0.717, 1.165) is 26.1 Å². The minimum atomic E-state index is -1.59. The lowest BCUT2D eigenvalue weighted by Crippen LogP contribution is -2.43. The first-order valence-electron chi connectivity index (χ1n) is 7.96. The minimum absolute atomic E-state index is 0.310. The van der Waals surface area contributed by atoms with Crippen molar-refractivity contribution >= 4 is 8.32 Å². The standard InChI is InChI=1S/C16H36O2Si/c1-8-9-13-17-14-11-10-12-15(2)18-19(6,7)16(3,4)5/h15H,8-14H2,1-7H3/t15-/m1/s1. The average Bonchev–Trinajstić information content (AvgIpc) is 2.25. The van der Waals surface area contributed by atoms with Gasteiger partial charge in [0.1, 0.15) is 0 Å².